The molecule has 3 nitrogen and oxygen atoms in total. The summed E-state index contributed by atoms with van der Waals surface area (Å²) in [5.41, 5.74) is 6.48. The summed E-state index contributed by atoms with van der Waals surface area (Å²) in [6, 6.07) is 3.26. The van der Waals surface area contributed by atoms with Gasteiger partial charge in [0.25, 0.3) is 0 Å². The Hall–Kier alpha value is -0.740. The van der Waals surface area contributed by atoms with Crippen LogP contribution in [0.4, 0.5) is 0 Å². The van der Waals surface area contributed by atoms with Crippen LogP contribution in [-0.4, -0.2) is 15.8 Å². The molecule has 14 heavy (non-hydrogen) atoms. The van der Waals surface area contributed by atoms with Gasteiger partial charge in [0.15, 0.2) is 11.5 Å². The SMILES string of the molecule is NC1(Cc2cc(Br)cc(O)c2O)CC1. The Morgan fingerprint density at radius 2 is 2.00 bits per heavy atom. The smallest absolute Gasteiger partial charge is 0.160 e. The molecule has 0 aromatic heterocycles. The van der Waals surface area contributed by atoms with E-state index in [-0.39, 0.29) is 17.0 Å². The Kier molecular flexibility index (Phi) is 2.20. The molecule has 0 atom stereocenters. The van der Waals surface area contributed by atoms with E-state index in [1.54, 1.807) is 6.07 Å². The first kappa shape index (κ1) is 9.80. The number of halogens is 1. The summed E-state index contributed by atoms with van der Waals surface area (Å²) >= 11 is 3.26. The number of hydrogen-bond donors (Lipinski definition) is 3. The Bertz CT molecular complexity index is 375. The predicted octanol–water partition coefficient (Wildman–Crippen LogP) is 1.89. The van der Waals surface area contributed by atoms with Crippen molar-refractivity contribution in [3.63, 3.8) is 0 Å². The van der Waals surface area contributed by atoms with E-state index in [2.05, 4.69) is 15.9 Å². The van der Waals surface area contributed by atoms with Crippen molar-refractivity contribution in [1.82, 2.24) is 0 Å². The lowest BCUT2D eigenvalue weighted by Crippen LogP contribution is -2.24. The molecular formula is C10H12BrNO2. The minimum atomic E-state index is -0.162. The molecule has 2 rings (SSSR count). The highest BCUT2D eigenvalue weighted by Crippen LogP contribution is 2.40. The first-order valence-electron chi connectivity index (χ1n) is 4.49. The average molecular weight is 258 g/mol. The maximum Gasteiger partial charge on any atom is 0.160 e. The summed E-state index contributed by atoms with van der Waals surface area (Å²) in [5.74, 6) is -0.149. The molecule has 4 N–H and O–H groups in total. The van der Waals surface area contributed by atoms with Crippen LogP contribution < -0.4 is 5.73 Å². The van der Waals surface area contributed by atoms with Crippen molar-refractivity contribution in [2.45, 2.75) is 24.8 Å². The standard InChI is InChI=1S/C10H12BrNO2/c11-7-3-6(5-10(12)1-2-10)9(14)8(13)4-7/h3-4,13-14H,1-2,5,12H2. The third-order valence-corrected chi connectivity index (χ3v) is 3.03. The largest absolute Gasteiger partial charge is 0.504 e. The van der Waals surface area contributed by atoms with E-state index in [1.807, 2.05) is 0 Å². The van der Waals surface area contributed by atoms with Crippen molar-refractivity contribution in [2.75, 3.05) is 0 Å². The fraction of sp³-hybridized carbons (Fsp3) is 0.400. The van der Waals surface area contributed by atoms with Gasteiger partial charge in [0, 0.05) is 15.6 Å². The number of nitrogens with two attached hydrogens (primary N) is 1. The Morgan fingerprint density at radius 3 is 2.57 bits per heavy atom. The minimum Gasteiger partial charge on any atom is -0.504 e. The van der Waals surface area contributed by atoms with Gasteiger partial charge in [-0.3, -0.25) is 0 Å². The molecule has 0 aliphatic heterocycles. The Balaban J connectivity index is 2.32. The number of phenolic OH excluding ortho intramolecular Hbond substituents is 2. The van der Waals surface area contributed by atoms with Gasteiger partial charge in [0.05, 0.1) is 0 Å². The highest BCUT2D eigenvalue weighted by molar-refractivity contribution is 9.10. The monoisotopic (exact) mass is 257 g/mol. The van der Waals surface area contributed by atoms with Gasteiger partial charge >= 0.3 is 0 Å². The number of phenols is 2. The fourth-order valence-corrected chi connectivity index (χ4v) is 1.98. The second-order valence-electron chi connectivity index (χ2n) is 3.97. The zero-order chi connectivity index (χ0) is 10.3. The molecule has 1 aromatic rings. The highest BCUT2D eigenvalue weighted by atomic mass is 79.9. The van der Waals surface area contributed by atoms with Gasteiger partial charge in [-0.25, -0.2) is 0 Å². The molecule has 1 aliphatic rings. The lowest BCUT2D eigenvalue weighted by atomic mass is 10.0. The van der Waals surface area contributed by atoms with E-state index in [1.165, 1.54) is 6.07 Å². The first-order valence-corrected chi connectivity index (χ1v) is 5.29. The average Bonchev–Trinajstić information content (AvgIpc) is 2.79. The topological polar surface area (TPSA) is 66.5 Å². The van der Waals surface area contributed by atoms with Gasteiger partial charge in [0.1, 0.15) is 0 Å². The predicted molar refractivity (Wildman–Crippen MR) is 57.3 cm³/mol. The summed E-state index contributed by atoms with van der Waals surface area (Å²) in [6.07, 6.45) is 2.59. The summed E-state index contributed by atoms with van der Waals surface area (Å²) in [6.45, 7) is 0. The molecule has 0 spiro atoms. The van der Waals surface area contributed by atoms with Gasteiger partial charge < -0.3 is 15.9 Å². The molecule has 1 saturated carbocycles. The van der Waals surface area contributed by atoms with E-state index in [9.17, 15) is 10.2 Å². The van der Waals surface area contributed by atoms with Crippen molar-refractivity contribution < 1.29 is 10.2 Å². The van der Waals surface area contributed by atoms with Crippen molar-refractivity contribution >= 4 is 15.9 Å². The molecule has 0 bridgehead atoms. The van der Waals surface area contributed by atoms with Crippen molar-refractivity contribution in [1.29, 1.82) is 0 Å². The molecule has 0 amide bonds. The molecule has 0 radical (unpaired) electrons. The van der Waals surface area contributed by atoms with Crippen LogP contribution in [0.3, 0.4) is 0 Å². The third kappa shape index (κ3) is 1.86. The number of aromatic hydroxyl groups is 2. The summed E-state index contributed by atoms with van der Waals surface area (Å²) in [4.78, 5) is 0. The third-order valence-electron chi connectivity index (χ3n) is 2.57. The quantitative estimate of drug-likeness (QED) is 0.710. The van der Waals surface area contributed by atoms with Crippen LogP contribution in [0, 0.1) is 0 Å². The Labute approximate surface area is 90.7 Å². The summed E-state index contributed by atoms with van der Waals surface area (Å²) < 4.78 is 0.757. The van der Waals surface area contributed by atoms with E-state index in [0.29, 0.717) is 12.0 Å². The zero-order valence-electron chi connectivity index (χ0n) is 7.63. The second-order valence-corrected chi connectivity index (χ2v) is 4.89. The van der Waals surface area contributed by atoms with Crippen molar-refractivity contribution in [2.24, 2.45) is 5.73 Å². The first-order chi connectivity index (χ1) is 6.50. The molecule has 0 unspecified atom stereocenters. The Morgan fingerprint density at radius 1 is 1.36 bits per heavy atom. The van der Waals surface area contributed by atoms with Crippen LogP contribution in [0.2, 0.25) is 0 Å². The number of hydrogen-bond acceptors (Lipinski definition) is 3. The molecule has 0 heterocycles. The minimum absolute atomic E-state index is 0.0510. The maximum absolute atomic E-state index is 9.59. The van der Waals surface area contributed by atoms with Crippen LogP contribution in [0.5, 0.6) is 11.5 Å². The van der Waals surface area contributed by atoms with Gasteiger partial charge in [-0.05, 0) is 31.4 Å². The molecular weight excluding hydrogens is 246 g/mol. The maximum atomic E-state index is 9.59. The zero-order valence-corrected chi connectivity index (χ0v) is 9.21. The summed E-state index contributed by atoms with van der Waals surface area (Å²) in [7, 11) is 0. The molecule has 1 aromatic carbocycles. The van der Waals surface area contributed by atoms with E-state index >= 15 is 0 Å². The lowest BCUT2D eigenvalue weighted by molar-refractivity contribution is 0.397. The lowest BCUT2D eigenvalue weighted by Gasteiger charge is -2.11. The van der Waals surface area contributed by atoms with E-state index in [0.717, 1.165) is 17.3 Å². The van der Waals surface area contributed by atoms with Gasteiger partial charge in [-0.15, -0.1) is 0 Å². The second kappa shape index (κ2) is 3.14. The number of rotatable bonds is 2. The van der Waals surface area contributed by atoms with Crippen LogP contribution in [0.1, 0.15) is 18.4 Å². The van der Waals surface area contributed by atoms with Gasteiger partial charge in [0.2, 0.25) is 0 Å². The molecule has 1 fully saturated rings. The normalized spacial score (nSPS) is 18.1. The van der Waals surface area contributed by atoms with Crippen LogP contribution in [0.15, 0.2) is 16.6 Å². The highest BCUT2D eigenvalue weighted by Gasteiger charge is 2.38. The molecule has 0 saturated heterocycles. The molecule has 76 valence electrons. The van der Waals surface area contributed by atoms with Crippen molar-refractivity contribution in [3.05, 3.63) is 22.2 Å². The molecule has 4 heteroatoms. The van der Waals surface area contributed by atoms with Crippen LogP contribution in [-0.2, 0) is 6.42 Å². The van der Waals surface area contributed by atoms with Gasteiger partial charge in [-0.1, -0.05) is 15.9 Å². The summed E-state index contributed by atoms with van der Waals surface area (Å²) in [5, 5.41) is 19.0. The van der Waals surface area contributed by atoms with Crippen molar-refractivity contribution in [3.8, 4) is 11.5 Å². The van der Waals surface area contributed by atoms with E-state index in [4.69, 9.17) is 5.73 Å². The van der Waals surface area contributed by atoms with Gasteiger partial charge in [-0.2, -0.15) is 0 Å². The fourth-order valence-electron chi connectivity index (χ4n) is 1.49. The number of benzene rings is 1. The van der Waals surface area contributed by atoms with Crippen LogP contribution >= 0.6 is 15.9 Å². The van der Waals surface area contributed by atoms with Crippen LogP contribution in [0.25, 0.3) is 0 Å². The molecule has 1 aliphatic carbocycles. The van der Waals surface area contributed by atoms with E-state index < -0.39 is 0 Å².